The lowest BCUT2D eigenvalue weighted by Crippen LogP contribution is -2.50. The minimum atomic E-state index is -0.954. The van der Waals surface area contributed by atoms with Gasteiger partial charge >= 0.3 is 0 Å². The van der Waals surface area contributed by atoms with Crippen LogP contribution in [0, 0.1) is 11.6 Å². The van der Waals surface area contributed by atoms with Crippen LogP contribution in [0.25, 0.3) is 0 Å². The molecule has 1 fully saturated rings. The van der Waals surface area contributed by atoms with E-state index in [1.807, 2.05) is 5.43 Å². The molecule has 1 aliphatic heterocycles. The van der Waals surface area contributed by atoms with Crippen LogP contribution >= 0.6 is 0 Å². The molecule has 0 aliphatic carbocycles. The maximum absolute atomic E-state index is 13.6. The minimum Gasteiger partial charge on any atom is -0.394 e. The van der Waals surface area contributed by atoms with Gasteiger partial charge in [0.15, 0.2) is 11.6 Å². The Balaban J connectivity index is 2.28. The molecule has 110 valence electrons. The number of anilines is 1. The number of hydrogen-bond acceptors (Lipinski definition) is 5. The molecule has 0 spiro atoms. The monoisotopic (exact) mass is 287 g/mol. The summed E-state index contributed by atoms with van der Waals surface area (Å²) in [5.41, 5.74) is 1.26. The molecular formula is C12H15F2N3O3. The molecule has 1 atom stereocenters. The quantitative estimate of drug-likeness (QED) is 0.541. The second-order valence-corrected chi connectivity index (χ2v) is 4.37. The molecule has 1 saturated heterocycles. The van der Waals surface area contributed by atoms with Gasteiger partial charge in [-0.1, -0.05) is 0 Å². The zero-order valence-corrected chi connectivity index (χ0v) is 10.6. The van der Waals surface area contributed by atoms with Gasteiger partial charge in [-0.3, -0.25) is 10.6 Å². The summed E-state index contributed by atoms with van der Waals surface area (Å²) < 4.78 is 32.3. The third-order valence-electron chi connectivity index (χ3n) is 3.13. The number of aliphatic hydroxyl groups excluding tert-OH is 1. The third-order valence-corrected chi connectivity index (χ3v) is 3.13. The zero-order chi connectivity index (χ0) is 14.7. The average molecular weight is 287 g/mol. The van der Waals surface area contributed by atoms with E-state index >= 15 is 0 Å². The second-order valence-electron chi connectivity index (χ2n) is 4.37. The molecule has 4 N–H and O–H groups in total. The Kier molecular flexibility index (Phi) is 4.48. The highest BCUT2D eigenvalue weighted by Gasteiger charge is 2.28. The zero-order valence-electron chi connectivity index (χ0n) is 10.6. The first-order valence-electron chi connectivity index (χ1n) is 6.03. The van der Waals surface area contributed by atoms with E-state index in [0.717, 1.165) is 12.1 Å². The van der Waals surface area contributed by atoms with Gasteiger partial charge in [-0.2, -0.15) is 0 Å². The summed E-state index contributed by atoms with van der Waals surface area (Å²) in [6, 6.07) is 1.30. The van der Waals surface area contributed by atoms with Crippen molar-refractivity contribution in [1.29, 1.82) is 0 Å². The molecule has 0 saturated carbocycles. The number of nitrogens with one attached hydrogen (secondary N) is 1. The van der Waals surface area contributed by atoms with Crippen molar-refractivity contribution in [2.75, 3.05) is 31.8 Å². The highest BCUT2D eigenvalue weighted by molar-refractivity contribution is 5.95. The molecule has 1 unspecified atom stereocenters. The first-order chi connectivity index (χ1) is 9.58. The summed E-state index contributed by atoms with van der Waals surface area (Å²) in [6.07, 6.45) is 0. The first kappa shape index (κ1) is 14.6. The van der Waals surface area contributed by atoms with E-state index in [2.05, 4.69) is 0 Å². The summed E-state index contributed by atoms with van der Waals surface area (Å²) in [4.78, 5) is 13.6. The number of nitrogen functional groups attached to an aromatic ring is 1. The van der Waals surface area contributed by atoms with Crippen molar-refractivity contribution in [2.45, 2.75) is 6.04 Å². The number of rotatable bonds is 3. The van der Waals surface area contributed by atoms with Crippen LogP contribution in [-0.4, -0.2) is 48.3 Å². The van der Waals surface area contributed by atoms with Gasteiger partial charge in [-0.05, 0) is 12.1 Å². The van der Waals surface area contributed by atoms with E-state index in [1.165, 1.54) is 4.90 Å². The molecule has 1 amide bonds. The predicted octanol–water partition coefficient (Wildman–Crippen LogP) is 0.0837. The van der Waals surface area contributed by atoms with Crippen molar-refractivity contribution in [3.8, 4) is 0 Å². The standard InChI is InChI=1S/C12H15F2N3O3/c13-9-3-7(4-10(14)11(9)16-15)12(19)17-1-2-20-6-8(17)5-18/h3-4,8,16,18H,1-2,5-6,15H2. The van der Waals surface area contributed by atoms with Gasteiger partial charge in [0, 0.05) is 12.1 Å². The highest BCUT2D eigenvalue weighted by Crippen LogP contribution is 2.21. The first-order valence-corrected chi connectivity index (χ1v) is 6.03. The Labute approximate surface area is 114 Å². The highest BCUT2D eigenvalue weighted by atomic mass is 19.1. The van der Waals surface area contributed by atoms with E-state index in [9.17, 15) is 18.7 Å². The number of nitrogens with zero attached hydrogens (tertiary/aromatic N) is 1. The minimum absolute atomic E-state index is 0.139. The van der Waals surface area contributed by atoms with Gasteiger partial charge in [-0.15, -0.1) is 0 Å². The number of carbonyl (C=O) groups is 1. The maximum atomic E-state index is 13.6. The molecule has 0 aromatic heterocycles. The molecule has 2 rings (SSSR count). The van der Waals surface area contributed by atoms with Crippen LogP contribution in [0.15, 0.2) is 12.1 Å². The van der Waals surface area contributed by atoms with E-state index < -0.39 is 29.3 Å². The molecule has 1 aliphatic rings. The van der Waals surface area contributed by atoms with Crippen LogP contribution < -0.4 is 11.3 Å². The largest absolute Gasteiger partial charge is 0.394 e. The van der Waals surface area contributed by atoms with Crippen LogP contribution in [0.1, 0.15) is 10.4 Å². The summed E-state index contributed by atoms with van der Waals surface area (Å²) in [5.74, 6) is 2.52. The lowest BCUT2D eigenvalue weighted by atomic mass is 10.1. The second kappa shape index (κ2) is 6.12. The average Bonchev–Trinajstić information content (AvgIpc) is 2.46. The van der Waals surface area contributed by atoms with E-state index in [1.54, 1.807) is 0 Å². The number of ether oxygens (including phenoxy) is 1. The number of carbonyl (C=O) groups excluding carboxylic acids is 1. The van der Waals surface area contributed by atoms with Gasteiger partial charge in [0.25, 0.3) is 5.91 Å². The topological polar surface area (TPSA) is 87.8 Å². The fourth-order valence-electron chi connectivity index (χ4n) is 2.07. The number of amides is 1. The number of halogens is 2. The Morgan fingerprint density at radius 3 is 2.70 bits per heavy atom. The Morgan fingerprint density at radius 2 is 2.15 bits per heavy atom. The van der Waals surface area contributed by atoms with Gasteiger partial charge in [0.2, 0.25) is 0 Å². The molecule has 1 aromatic rings. The van der Waals surface area contributed by atoms with Crippen LogP contribution in [0.5, 0.6) is 0 Å². The summed E-state index contributed by atoms with van der Waals surface area (Å²) in [7, 11) is 0. The maximum Gasteiger partial charge on any atom is 0.254 e. The number of nitrogens with two attached hydrogens (primary N) is 1. The van der Waals surface area contributed by atoms with E-state index in [0.29, 0.717) is 6.61 Å². The number of aliphatic hydroxyl groups is 1. The molecule has 1 heterocycles. The Bertz CT molecular complexity index is 490. The molecule has 20 heavy (non-hydrogen) atoms. The molecule has 0 radical (unpaired) electrons. The predicted molar refractivity (Wildman–Crippen MR) is 66.9 cm³/mol. The molecule has 6 nitrogen and oxygen atoms in total. The van der Waals surface area contributed by atoms with Crippen LogP contribution in [0.2, 0.25) is 0 Å². The molecule has 8 heteroatoms. The van der Waals surface area contributed by atoms with Crippen molar-refractivity contribution >= 4 is 11.6 Å². The SMILES string of the molecule is NNc1c(F)cc(C(=O)N2CCOCC2CO)cc1F. The van der Waals surface area contributed by atoms with E-state index in [4.69, 9.17) is 10.6 Å². The lowest BCUT2D eigenvalue weighted by molar-refractivity contribution is -0.0184. The summed E-state index contributed by atoms with van der Waals surface area (Å²) in [5, 5.41) is 9.20. The van der Waals surface area contributed by atoms with Crippen molar-refractivity contribution in [1.82, 2.24) is 4.90 Å². The number of morpholine rings is 1. The van der Waals surface area contributed by atoms with Crippen LogP contribution in [0.4, 0.5) is 14.5 Å². The van der Waals surface area contributed by atoms with Gasteiger partial charge in [0.1, 0.15) is 5.69 Å². The van der Waals surface area contributed by atoms with Crippen molar-refractivity contribution in [2.24, 2.45) is 5.84 Å². The molecular weight excluding hydrogens is 272 g/mol. The van der Waals surface area contributed by atoms with E-state index in [-0.39, 0.29) is 25.3 Å². The summed E-state index contributed by atoms with van der Waals surface area (Å²) >= 11 is 0. The smallest absolute Gasteiger partial charge is 0.254 e. The lowest BCUT2D eigenvalue weighted by Gasteiger charge is -2.34. The summed E-state index contributed by atoms with van der Waals surface area (Å²) in [6.45, 7) is 0.481. The number of hydrazine groups is 1. The van der Waals surface area contributed by atoms with Gasteiger partial charge < -0.3 is 20.2 Å². The number of benzene rings is 1. The fourth-order valence-corrected chi connectivity index (χ4v) is 2.07. The molecule has 1 aromatic carbocycles. The van der Waals surface area contributed by atoms with Crippen molar-refractivity contribution in [3.63, 3.8) is 0 Å². The normalized spacial score (nSPS) is 19.0. The van der Waals surface area contributed by atoms with Gasteiger partial charge in [0.05, 0.1) is 25.9 Å². The van der Waals surface area contributed by atoms with Crippen molar-refractivity contribution < 1.29 is 23.4 Å². The third kappa shape index (κ3) is 2.72. The fraction of sp³-hybridized carbons (Fsp3) is 0.417. The molecule has 0 bridgehead atoms. The van der Waals surface area contributed by atoms with Crippen LogP contribution in [-0.2, 0) is 4.74 Å². The van der Waals surface area contributed by atoms with Crippen LogP contribution in [0.3, 0.4) is 0 Å². The Morgan fingerprint density at radius 1 is 1.50 bits per heavy atom. The Hall–Kier alpha value is -1.77. The van der Waals surface area contributed by atoms with Gasteiger partial charge in [-0.25, -0.2) is 8.78 Å². The number of hydrogen-bond donors (Lipinski definition) is 3. The van der Waals surface area contributed by atoms with Crippen molar-refractivity contribution in [3.05, 3.63) is 29.3 Å².